The number of carbonyl (C=O) groups is 3. The molecule has 0 bridgehead atoms. The number of anilines is 1. The molecule has 188 valence electrons. The third kappa shape index (κ3) is 8.53. The summed E-state index contributed by atoms with van der Waals surface area (Å²) in [6.45, 7) is 10.6. The van der Waals surface area contributed by atoms with Crippen LogP contribution in [-0.2, 0) is 14.3 Å². The highest BCUT2D eigenvalue weighted by molar-refractivity contribution is 7.15. The highest BCUT2D eigenvalue weighted by Crippen LogP contribution is 2.36. The molecule has 3 aliphatic rings. The van der Waals surface area contributed by atoms with E-state index in [0.717, 1.165) is 35.4 Å². The van der Waals surface area contributed by atoms with E-state index in [1.807, 2.05) is 13.8 Å². The van der Waals surface area contributed by atoms with Crippen molar-refractivity contribution in [2.75, 3.05) is 44.8 Å². The van der Waals surface area contributed by atoms with E-state index < -0.39 is 5.97 Å². The zero-order chi connectivity index (χ0) is 25.1. The molecule has 1 N–H and O–H groups in total. The molecular weight excluding hydrogens is 452 g/mol. The predicted octanol–water partition coefficient (Wildman–Crippen LogP) is 4.15. The fourth-order valence-electron chi connectivity index (χ4n) is 4.28. The van der Waals surface area contributed by atoms with Gasteiger partial charge in [-0.3, -0.25) is 4.79 Å². The molecule has 2 aliphatic heterocycles. The smallest absolute Gasteiger partial charge is 0.348 e. The summed E-state index contributed by atoms with van der Waals surface area (Å²) in [5.74, 6) is 5.83. The summed E-state index contributed by atoms with van der Waals surface area (Å²) in [4.78, 5) is 36.4. The van der Waals surface area contributed by atoms with E-state index in [4.69, 9.17) is 9.84 Å². The van der Waals surface area contributed by atoms with Gasteiger partial charge >= 0.3 is 5.97 Å². The molecule has 7 nitrogen and oxygen atoms in total. The fourth-order valence-corrected chi connectivity index (χ4v) is 5.15. The minimum atomic E-state index is -1.14. The second kappa shape index (κ2) is 13.6. The molecule has 0 radical (unpaired) electrons. The monoisotopic (exact) mass is 490 g/mol. The number of ether oxygens (including phenoxy) is 1. The molecule has 0 aromatic carbocycles. The second-order valence-corrected chi connectivity index (χ2v) is 10.9. The van der Waals surface area contributed by atoms with Crippen molar-refractivity contribution < 1.29 is 24.2 Å². The van der Waals surface area contributed by atoms with E-state index in [-0.39, 0.29) is 23.0 Å². The van der Waals surface area contributed by atoms with Crippen LogP contribution in [-0.4, -0.2) is 68.6 Å². The zero-order valence-electron chi connectivity index (χ0n) is 20.8. The number of aromatic carboxylic acids is 1. The van der Waals surface area contributed by atoms with Crippen molar-refractivity contribution in [1.29, 1.82) is 0 Å². The molecule has 1 aromatic heterocycles. The Morgan fingerprint density at radius 1 is 1.29 bits per heavy atom. The summed E-state index contributed by atoms with van der Waals surface area (Å²) in [5.41, 5.74) is 0.821. The van der Waals surface area contributed by atoms with Gasteiger partial charge in [-0.2, -0.15) is 0 Å². The van der Waals surface area contributed by atoms with E-state index >= 15 is 0 Å². The maximum Gasteiger partial charge on any atom is 0.348 e. The number of rotatable bonds is 5. The molecular formula is C26H38N2O5S. The number of carboxylic acids is 1. The van der Waals surface area contributed by atoms with Gasteiger partial charge in [0, 0.05) is 24.4 Å². The molecule has 0 atom stereocenters. The maximum absolute atomic E-state index is 11.1. The van der Waals surface area contributed by atoms with Crippen molar-refractivity contribution in [3.8, 4) is 11.8 Å². The van der Waals surface area contributed by atoms with E-state index in [1.165, 1.54) is 51.3 Å². The number of likely N-dealkylation sites (tertiary alicyclic amines) is 1. The van der Waals surface area contributed by atoms with Gasteiger partial charge in [-0.1, -0.05) is 64.7 Å². The van der Waals surface area contributed by atoms with Crippen molar-refractivity contribution in [1.82, 2.24) is 4.90 Å². The summed E-state index contributed by atoms with van der Waals surface area (Å²) in [6.07, 6.45) is 8.41. The van der Waals surface area contributed by atoms with Gasteiger partial charge in [-0.15, -0.1) is 11.3 Å². The Morgan fingerprint density at radius 2 is 1.94 bits per heavy atom. The van der Waals surface area contributed by atoms with Gasteiger partial charge in [0.05, 0.1) is 30.3 Å². The maximum atomic E-state index is 11.1. The summed E-state index contributed by atoms with van der Waals surface area (Å²) in [7, 11) is 2.16. The zero-order valence-corrected chi connectivity index (χ0v) is 21.7. The minimum absolute atomic E-state index is 0.00186. The van der Waals surface area contributed by atoms with Crippen LogP contribution in [0.1, 0.15) is 67.4 Å². The summed E-state index contributed by atoms with van der Waals surface area (Å²) in [6, 6.07) is 1.52. The van der Waals surface area contributed by atoms with Crippen LogP contribution in [0.15, 0.2) is 6.07 Å². The number of carbonyl (C=O) groups excluding carboxylic acids is 2. The summed E-state index contributed by atoms with van der Waals surface area (Å²) >= 11 is 0.990. The highest BCUT2D eigenvalue weighted by atomic mass is 32.1. The van der Waals surface area contributed by atoms with Crippen molar-refractivity contribution in [3.63, 3.8) is 0 Å². The van der Waals surface area contributed by atoms with E-state index in [0.29, 0.717) is 23.0 Å². The van der Waals surface area contributed by atoms with Crippen LogP contribution in [0.3, 0.4) is 0 Å². The Kier molecular flexibility index (Phi) is 11.2. The number of carboxylic acid groups (broad SMARTS) is 1. The topological polar surface area (TPSA) is 87.2 Å². The number of aldehydes is 1. The largest absolute Gasteiger partial charge is 0.477 e. The van der Waals surface area contributed by atoms with E-state index in [9.17, 15) is 14.4 Å². The lowest BCUT2D eigenvalue weighted by atomic mass is 9.79. The lowest BCUT2D eigenvalue weighted by molar-refractivity contribution is -0.182. The molecule has 2 saturated heterocycles. The Morgan fingerprint density at radius 3 is 2.29 bits per heavy atom. The Labute approximate surface area is 207 Å². The number of hydrogen-bond acceptors (Lipinski definition) is 6. The second-order valence-electron chi connectivity index (χ2n) is 9.89. The first kappa shape index (κ1) is 28.0. The van der Waals surface area contributed by atoms with Crippen LogP contribution in [0.25, 0.3) is 0 Å². The van der Waals surface area contributed by atoms with Crippen LogP contribution < -0.4 is 4.90 Å². The van der Waals surface area contributed by atoms with Gasteiger partial charge in [-0.05, 0) is 19.0 Å². The molecule has 3 heterocycles. The van der Waals surface area contributed by atoms with Gasteiger partial charge in [0.25, 0.3) is 0 Å². The fraction of sp³-hybridized carbons (Fsp3) is 0.654. The quantitative estimate of drug-likeness (QED) is 0.493. The minimum Gasteiger partial charge on any atom is -0.477 e. The van der Waals surface area contributed by atoms with Crippen molar-refractivity contribution in [3.05, 3.63) is 15.8 Å². The van der Waals surface area contributed by atoms with Crippen molar-refractivity contribution >= 4 is 35.7 Å². The normalized spacial score (nSPS) is 18.6. The SMILES string of the molecule is CC(C)C#Cc1cc(N(C=O)CC=O)c(C(=O)O)s1.CC1CCCCC1.CN1CC2(COC2)C1. The van der Waals surface area contributed by atoms with E-state index in [1.54, 1.807) is 0 Å². The van der Waals surface area contributed by atoms with Crippen LogP contribution in [0, 0.1) is 29.1 Å². The molecule has 3 fully saturated rings. The molecule has 8 heteroatoms. The highest BCUT2D eigenvalue weighted by Gasteiger charge is 2.47. The van der Waals surface area contributed by atoms with Crippen molar-refractivity contribution in [2.45, 2.75) is 52.9 Å². The molecule has 1 amide bonds. The van der Waals surface area contributed by atoms with Gasteiger partial charge < -0.3 is 24.4 Å². The number of amides is 1. The molecule has 0 unspecified atom stereocenters. The Balaban J connectivity index is 0.000000218. The molecule has 1 saturated carbocycles. The first-order chi connectivity index (χ1) is 16.2. The molecule has 4 rings (SSSR count). The molecule has 1 aliphatic carbocycles. The first-order valence-corrected chi connectivity index (χ1v) is 12.8. The third-order valence-corrected chi connectivity index (χ3v) is 7.05. The van der Waals surface area contributed by atoms with Gasteiger partial charge in [0.1, 0.15) is 11.2 Å². The standard InChI is InChI=1S/C13H13NO4S.C7H14.C6H11NO/c1-9(2)3-4-10-7-11(12(19-10)13(17)18)14(8-16)5-6-15;1-7-5-3-2-4-6-7;1-7-2-6(3-7)4-8-5-6/h6-9H,5H2,1-2H3,(H,17,18);7H,2-6H2,1H3;2-5H2,1H3. The third-order valence-electron chi connectivity index (χ3n) is 6.02. The first-order valence-electron chi connectivity index (χ1n) is 12.0. The number of thiophene rings is 1. The number of nitrogens with zero attached hydrogens (tertiary/aromatic N) is 2. The lowest BCUT2D eigenvalue weighted by Gasteiger charge is -2.53. The van der Waals surface area contributed by atoms with Crippen LogP contribution >= 0.6 is 11.3 Å². The lowest BCUT2D eigenvalue weighted by Crippen LogP contribution is -2.64. The predicted molar refractivity (Wildman–Crippen MR) is 135 cm³/mol. The average molecular weight is 491 g/mol. The Hall–Kier alpha value is -2.21. The van der Waals surface area contributed by atoms with Gasteiger partial charge in [0.2, 0.25) is 6.41 Å². The van der Waals surface area contributed by atoms with Crippen LogP contribution in [0.2, 0.25) is 0 Å². The summed E-state index contributed by atoms with van der Waals surface area (Å²) < 4.78 is 5.10. The van der Waals surface area contributed by atoms with Crippen molar-refractivity contribution in [2.24, 2.45) is 17.3 Å². The molecule has 1 spiro atoms. The van der Waals surface area contributed by atoms with Gasteiger partial charge in [-0.25, -0.2) is 4.79 Å². The van der Waals surface area contributed by atoms with Crippen LogP contribution in [0.4, 0.5) is 5.69 Å². The van der Waals surface area contributed by atoms with E-state index in [2.05, 4.69) is 30.7 Å². The molecule has 34 heavy (non-hydrogen) atoms. The average Bonchev–Trinajstić information content (AvgIpc) is 3.18. The molecule has 1 aromatic rings. The van der Waals surface area contributed by atoms with Gasteiger partial charge in [0.15, 0.2) is 0 Å². The summed E-state index contributed by atoms with van der Waals surface area (Å²) in [5, 5.41) is 9.10. The van der Waals surface area contributed by atoms with Crippen LogP contribution in [0.5, 0.6) is 0 Å². The number of hydrogen-bond donors (Lipinski definition) is 1. The Bertz CT molecular complexity index is 867.